The highest BCUT2D eigenvalue weighted by Gasteiger charge is 2.12. The highest BCUT2D eigenvalue weighted by atomic mass is 16.5. The van der Waals surface area contributed by atoms with Gasteiger partial charge in [0.05, 0.1) is 5.60 Å². The SMILES string of the molecule is CCCN(CC)CCNC(=O)COC(C)(C)C. The van der Waals surface area contributed by atoms with E-state index in [1.165, 1.54) is 0 Å². The highest BCUT2D eigenvalue weighted by molar-refractivity contribution is 5.77. The summed E-state index contributed by atoms with van der Waals surface area (Å²) in [4.78, 5) is 13.8. The molecule has 0 rings (SSSR count). The highest BCUT2D eigenvalue weighted by Crippen LogP contribution is 2.05. The summed E-state index contributed by atoms with van der Waals surface area (Å²) in [5, 5.41) is 2.87. The maximum atomic E-state index is 11.5. The summed E-state index contributed by atoms with van der Waals surface area (Å²) < 4.78 is 5.40. The first-order valence-electron chi connectivity index (χ1n) is 6.52. The summed E-state index contributed by atoms with van der Waals surface area (Å²) in [6, 6.07) is 0. The van der Waals surface area contributed by atoms with E-state index in [9.17, 15) is 4.79 Å². The van der Waals surface area contributed by atoms with E-state index in [4.69, 9.17) is 4.74 Å². The third-order valence-electron chi connectivity index (χ3n) is 2.37. The lowest BCUT2D eigenvalue weighted by Gasteiger charge is -2.21. The molecule has 0 spiro atoms. The van der Waals surface area contributed by atoms with Crippen LogP contribution in [0.2, 0.25) is 0 Å². The first-order chi connectivity index (χ1) is 7.89. The van der Waals surface area contributed by atoms with Gasteiger partial charge in [0, 0.05) is 13.1 Å². The molecule has 4 nitrogen and oxygen atoms in total. The van der Waals surface area contributed by atoms with E-state index in [1.54, 1.807) is 0 Å². The Balaban J connectivity index is 3.63. The summed E-state index contributed by atoms with van der Waals surface area (Å²) in [6.45, 7) is 14.0. The van der Waals surface area contributed by atoms with Crippen molar-refractivity contribution in [2.75, 3.05) is 32.8 Å². The van der Waals surface area contributed by atoms with Crippen molar-refractivity contribution < 1.29 is 9.53 Å². The monoisotopic (exact) mass is 244 g/mol. The molecular formula is C13H28N2O2. The van der Waals surface area contributed by atoms with Gasteiger partial charge in [0.15, 0.2) is 0 Å². The molecule has 0 aromatic heterocycles. The van der Waals surface area contributed by atoms with Crippen molar-refractivity contribution >= 4 is 5.91 Å². The van der Waals surface area contributed by atoms with Gasteiger partial charge in [-0.1, -0.05) is 13.8 Å². The van der Waals surface area contributed by atoms with Gasteiger partial charge in [-0.3, -0.25) is 4.79 Å². The molecule has 17 heavy (non-hydrogen) atoms. The molecule has 0 atom stereocenters. The number of amides is 1. The van der Waals surface area contributed by atoms with Crippen molar-refractivity contribution in [2.45, 2.75) is 46.6 Å². The Morgan fingerprint density at radius 1 is 1.24 bits per heavy atom. The fraction of sp³-hybridized carbons (Fsp3) is 0.923. The molecule has 4 heteroatoms. The van der Waals surface area contributed by atoms with E-state index in [0.29, 0.717) is 6.54 Å². The van der Waals surface area contributed by atoms with Crippen molar-refractivity contribution in [1.29, 1.82) is 0 Å². The fourth-order valence-electron chi connectivity index (χ4n) is 1.43. The van der Waals surface area contributed by atoms with Crippen molar-refractivity contribution in [3.05, 3.63) is 0 Å². The number of hydrogen-bond donors (Lipinski definition) is 1. The topological polar surface area (TPSA) is 41.6 Å². The number of carbonyl (C=O) groups is 1. The van der Waals surface area contributed by atoms with Gasteiger partial charge in [-0.25, -0.2) is 0 Å². The molecule has 102 valence electrons. The second kappa shape index (κ2) is 8.48. The van der Waals surface area contributed by atoms with Crippen molar-refractivity contribution in [3.8, 4) is 0 Å². The average molecular weight is 244 g/mol. The lowest BCUT2D eigenvalue weighted by atomic mass is 10.2. The minimum atomic E-state index is -0.255. The van der Waals surface area contributed by atoms with Crippen molar-refractivity contribution in [3.63, 3.8) is 0 Å². The Bertz CT molecular complexity index is 212. The third kappa shape index (κ3) is 10.3. The first kappa shape index (κ1) is 16.4. The minimum Gasteiger partial charge on any atom is -0.366 e. The lowest BCUT2D eigenvalue weighted by molar-refractivity contribution is -0.130. The molecule has 0 saturated heterocycles. The molecule has 0 fully saturated rings. The number of ether oxygens (including phenoxy) is 1. The third-order valence-corrected chi connectivity index (χ3v) is 2.37. The Labute approximate surface area is 106 Å². The average Bonchev–Trinajstić information content (AvgIpc) is 2.24. The Morgan fingerprint density at radius 3 is 2.35 bits per heavy atom. The van der Waals surface area contributed by atoms with Crippen molar-refractivity contribution in [1.82, 2.24) is 10.2 Å². The van der Waals surface area contributed by atoms with Crippen LogP contribution >= 0.6 is 0 Å². The molecule has 0 heterocycles. The summed E-state index contributed by atoms with van der Waals surface area (Å²) in [5.41, 5.74) is -0.255. The molecule has 0 aromatic rings. The van der Waals surface area contributed by atoms with Gasteiger partial charge in [-0.05, 0) is 40.3 Å². The molecule has 0 saturated carbocycles. The standard InChI is InChI=1S/C13H28N2O2/c1-6-9-15(7-2)10-8-14-12(16)11-17-13(3,4)5/h6-11H2,1-5H3,(H,14,16). The molecule has 0 aliphatic rings. The Kier molecular flexibility index (Phi) is 8.17. The summed E-state index contributed by atoms with van der Waals surface area (Å²) in [6.07, 6.45) is 1.15. The quantitative estimate of drug-likeness (QED) is 0.706. The summed E-state index contributed by atoms with van der Waals surface area (Å²) in [5.74, 6) is -0.0347. The van der Waals surface area contributed by atoms with Gasteiger partial charge in [0.1, 0.15) is 6.61 Å². The molecule has 1 amide bonds. The fourth-order valence-corrected chi connectivity index (χ4v) is 1.43. The number of hydrogen-bond acceptors (Lipinski definition) is 3. The number of likely N-dealkylation sites (N-methyl/N-ethyl adjacent to an activating group) is 1. The molecular weight excluding hydrogens is 216 g/mol. The van der Waals surface area contributed by atoms with Gasteiger partial charge in [0.25, 0.3) is 0 Å². The van der Waals surface area contributed by atoms with E-state index < -0.39 is 0 Å². The predicted molar refractivity (Wildman–Crippen MR) is 71.1 cm³/mol. The first-order valence-corrected chi connectivity index (χ1v) is 6.52. The normalized spacial score (nSPS) is 11.9. The van der Waals surface area contributed by atoms with Crippen LogP contribution in [0.4, 0.5) is 0 Å². The Hall–Kier alpha value is -0.610. The second-order valence-electron chi connectivity index (χ2n) is 5.19. The van der Waals surface area contributed by atoms with Gasteiger partial charge in [-0.15, -0.1) is 0 Å². The number of nitrogens with one attached hydrogen (secondary N) is 1. The number of nitrogens with zero attached hydrogens (tertiary/aromatic N) is 1. The molecule has 0 unspecified atom stereocenters. The zero-order chi connectivity index (χ0) is 13.3. The summed E-state index contributed by atoms with van der Waals surface area (Å²) in [7, 11) is 0. The number of carbonyl (C=O) groups excluding carboxylic acids is 1. The van der Waals surface area contributed by atoms with Gasteiger partial charge < -0.3 is 15.0 Å². The molecule has 0 aliphatic carbocycles. The Morgan fingerprint density at radius 2 is 1.88 bits per heavy atom. The molecule has 0 bridgehead atoms. The zero-order valence-electron chi connectivity index (χ0n) is 12.0. The van der Waals surface area contributed by atoms with Crippen molar-refractivity contribution in [2.24, 2.45) is 0 Å². The predicted octanol–water partition coefficient (Wildman–Crippen LogP) is 1.65. The van der Waals surface area contributed by atoms with Crippen LogP contribution in [0, 0.1) is 0 Å². The molecule has 0 aromatic carbocycles. The van der Waals surface area contributed by atoms with Crippen LogP contribution in [0.25, 0.3) is 0 Å². The van der Waals surface area contributed by atoms with Crippen LogP contribution in [0.15, 0.2) is 0 Å². The van der Waals surface area contributed by atoms with E-state index in [2.05, 4.69) is 24.1 Å². The van der Waals surface area contributed by atoms with Crippen LogP contribution in [-0.2, 0) is 9.53 Å². The van der Waals surface area contributed by atoms with Crippen LogP contribution in [0.5, 0.6) is 0 Å². The minimum absolute atomic E-state index is 0.0347. The second-order valence-corrected chi connectivity index (χ2v) is 5.19. The molecule has 0 radical (unpaired) electrons. The van der Waals surface area contributed by atoms with E-state index in [1.807, 2.05) is 20.8 Å². The van der Waals surface area contributed by atoms with Crippen LogP contribution in [0.3, 0.4) is 0 Å². The number of rotatable bonds is 8. The maximum Gasteiger partial charge on any atom is 0.246 e. The van der Waals surface area contributed by atoms with Crippen LogP contribution < -0.4 is 5.32 Å². The largest absolute Gasteiger partial charge is 0.366 e. The maximum absolute atomic E-state index is 11.5. The van der Waals surface area contributed by atoms with Gasteiger partial charge in [0.2, 0.25) is 5.91 Å². The van der Waals surface area contributed by atoms with E-state index in [0.717, 1.165) is 26.1 Å². The molecule has 0 aliphatic heterocycles. The zero-order valence-corrected chi connectivity index (χ0v) is 12.0. The lowest BCUT2D eigenvalue weighted by Crippen LogP contribution is -2.38. The molecule has 1 N–H and O–H groups in total. The van der Waals surface area contributed by atoms with Gasteiger partial charge >= 0.3 is 0 Å². The smallest absolute Gasteiger partial charge is 0.246 e. The summed E-state index contributed by atoms with van der Waals surface area (Å²) >= 11 is 0. The van der Waals surface area contributed by atoms with Crippen LogP contribution in [0.1, 0.15) is 41.0 Å². The van der Waals surface area contributed by atoms with E-state index >= 15 is 0 Å². The van der Waals surface area contributed by atoms with Crippen LogP contribution in [-0.4, -0.2) is 49.2 Å². The van der Waals surface area contributed by atoms with Gasteiger partial charge in [-0.2, -0.15) is 0 Å². The van der Waals surface area contributed by atoms with E-state index in [-0.39, 0.29) is 18.1 Å².